The molecule has 0 radical (unpaired) electrons. The Bertz CT molecular complexity index is 906. The molecular weight excluding hydrogens is 314 g/mol. The molecule has 0 aliphatic carbocycles. The summed E-state index contributed by atoms with van der Waals surface area (Å²) in [4.78, 5) is 12.7. The van der Waals surface area contributed by atoms with Gasteiger partial charge in [-0.3, -0.25) is 4.79 Å². The maximum Gasteiger partial charge on any atom is 0.255 e. The molecule has 25 heavy (non-hydrogen) atoms. The summed E-state index contributed by atoms with van der Waals surface area (Å²) in [6.45, 7) is 0.215. The van der Waals surface area contributed by atoms with Crippen molar-refractivity contribution in [3.8, 4) is 11.5 Å². The van der Waals surface area contributed by atoms with Crippen LogP contribution in [0.3, 0.4) is 0 Å². The highest BCUT2D eigenvalue weighted by molar-refractivity contribution is 6.05. The topological polar surface area (TPSA) is 47.6 Å². The van der Waals surface area contributed by atoms with Gasteiger partial charge in [-0.05, 0) is 35.7 Å². The molecular formula is C21H17NO3. The van der Waals surface area contributed by atoms with Crippen LogP contribution in [-0.2, 0) is 6.42 Å². The molecule has 0 atom stereocenters. The average Bonchev–Trinajstić information content (AvgIpc) is 3.11. The number of carbonyl (C=O) groups is 1. The van der Waals surface area contributed by atoms with Crippen LogP contribution in [0.4, 0.5) is 5.69 Å². The Morgan fingerprint density at radius 3 is 2.52 bits per heavy atom. The molecule has 1 aliphatic rings. The highest BCUT2D eigenvalue weighted by Crippen LogP contribution is 2.34. The van der Waals surface area contributed by atoms with Crippen LogP contribution in [0.2, 0.25) is 0 Å². The molecule has 4 heteroatoms. The molecule has 124 valence electrons. The van der Waals surface area contributed by atoms with E-state index >= 15 is 0 Å². The van der Waals surface area contributed by atoms with Crippen molar-refractivity contribution in [2.75, 3.05) is 12.1 Å². The quantitative estimate of drug-likeness (QED) is 0.777. The predicted molar refractivity (Wildman–Crippen MR) is 96.2 cm³/mol. The summed E-state index contributed by atoms with van der Waals surface area (Å²) in [5.41, 5.74) is 3.52. The Morgan fingerprint density at radius 1 is 0.880 bits per heavy atom. The van der Waals surface area contributed by atoms with Gasteiger partial charge in [0.15, 0.2) is 11.5 Å². The van der Waals surface area contributed by atoms with Crippen LogP contribution in [0.5, 0.6) is 11.5 Å². The molecule has 4 rings (SSSR count). The molecule has 3 aromatic carbocycles. The summed E-state index contributed by atoms with van der Waals surface area (Å²) in [5, 5.41) is 2.94. The lowest BCUT2D eigenvalue weighted by atomic mass is 9.99. The molecule has 1 heterocycles. The zero-order valence-corrected chi connectivity index (χ0v) is 13.6. The van der Waals surface area contributed by atoms with E-state index in [1.54, 1.807) is 12.1 Å². The first-order valence-corrected chi connectivity index (χ1v) is 8.12. The largest absolute Gasteiger partial charge is 0.454 e. The second-order valence-electron chi connectivity index (χ2n) is 5.84. The first-order valence-electron chi connectivity index (χ1n) is 8.12. The standard InChI is InChI=1S/C21H17NO3/c23-21(22-17-10-11-19-20(13-17)25-14-24-19)18-9-5-4-8-16(18)12-15-6-2-1-3-7-15/h1-11,13H,12,14H2,(H,22,23). The maximum absolute atomic E-state index is 12.7. The van der Waals surface area contributed by atoms with Gasteiger partial charge in [0.05, 0.1) is 0 Å². The van der Waals surface area contributed by atoms with Crippen LogP contribution in [0.15, 0.2) is 72.8 Å². The van der Waals surface area contributed by atoms with Crippen LogP contribution in [0, 0.1) is 0 Å². The lowest BCUT2D eigenvalue weighted by Gasteiger charge is -2.11. The van der Waals surface area contributed by atoms with E-state index in [4.69, 9.17) is 9.47 Å². The van der Waals surface area contributed by atoms with Crippen molar-refractivity contribution in [3.63, 3.8) is 0 Å². The lowest BCUT2D eigenvalue weighted by molar-refractivity contribution is 0.102. The van der Waals surface area contributed by atoms with E-state index in [0.29, 0.717) is 29.2 Å². The monoisotopic (exact) mass is 331 g/mol. The summed E-state index contributed by atoms with van der Waals surface area (Å²) in [6.07, 6.45) is 0.714. The van der Waals surface area contributed by atoms with Crippen molar-refractivity contribution < 1.29 is 14.3 Å². The number of amides is 1. The molecule has 1 amide bonds. The molecule has 0 aromatic heterocycles. The zero-order chi connectivity index (χ0) is 17.1. The normalized spacial score (nSPS) is 12.0. The number of fused-ring (bicyclic) bond motifs is 1. The van der Waals surface area contributed by atoms with Gasteiger partial charge in [0.25, 0.3) is 5.91 Å². The highest BCUT2D eigenvalue weighted by atomic mass is 16.7. The number of hydrogen-bond donors (Lipinski definition) is 1. The Labute approximate surface area is 146 Å². The van der Waals surface area contributed by atoms with Crippen LogP contribution < -0.4 is 14.8 Å². The van der Waals surface area contributed by atoms with Crippen molar-refractivity contribution in [2.45, 2.75) is 6.42 Å². The third-order valence-corrected chi connectivity index (χ3v) is 4.13. The van der Waals surface area contributed by atoms with Gasteiger partial charge in [-0.15, -0.1) is 0 Å². The van der Waals surface area contributed by atoms with Gasteiger partial charge >= 0.3 is 0 Å². The Kier molecular flexibility index (Phi) is 4.09. The van der Waals surface area contributed by atoms with Crippen molar-refractivity contribution in [1.29, 1.82) is 0 Å². The summed E-state index contributed by atoms with van der Waals surface area (Å²) >= 11 is 0. The predicted octanol–water partition coefficient (Wildman–Crippen LogP) is 4.26. The van der Waals surface area contributed by atoms with E-state index in [1.807, 2.05) is 48.5 Å². The van der Waals surface area contributed by atoms with Crippen LogP contribution in [0.25, 0.3) is 0 Å². The summed E-state index contributed by atoms with van der Waals surface area (Å²) in [7, 11) is 0. The lowest BCUT2D eigenvalue weighted by Crippen LogP contribution is -2.14. The fourth-order valence-corrected chi connectivity index (χ4v) is 2.88. The fraction of sp³-hybridized carbons (Fsp3) is 0.0952. The smallest absolute Gasteiger partial charge is 0.255 e. The number of nitrogens with one attached hydrogen (secondary N) is 1. The van der Waals surface area contributed by atoms with E-state index in [-0.39, 0.29) is 12.7 Å². The molecule has 0 unspecified atom stereocenters. The number of benzene rings is 3. The van der Waals surface area contributed by atoms with Crippen molar-refractivity contribution >= 4 is 11.6 Å². The fourth-order valence-electron chi connectivity index (χ4n) is 2.88. The maximum atomic E-state index is 12.7. The molecule has 4 nitrogen and oxygen atoms in total. The highest BCUT2D eigenvalue weighted by Gasteiger charge is 2.16. The van der Waals surface area contributed by atoms with Gasteiger partial charge in [-0.2, -0.15) is 0 Å². The number of anilines is 1. The van der Waals surface area contributed by atoms with E-state index in [2.05, 4.69) is 17.4 Å². The van der Waals surface area contributed by atoms with E-state index in [0.717, 1.165) is 5.56 Å². The molecule has 0 saturated heterocycles. The first kappa shape index (κ1) is 15.3. The molecule has 1 N–H and O–H groups in total. The van der Waals surface area contributed by atoms with E-state index in [9.17, 15) is 4.79 Å². The molecule has 0 saturated carbocycles. The van der Waals surface area contributed by atoms with Crippen LogP contribution in [0.1, 0.15) is 21.5 Å². The minimum absolute atomic E-state index is 0.134. The van der Waals surface area contributed by atoms with Crippen LogP contribution >= 0.6 is 0 Å². The second kappa shape index (κ2) is 6.69. The molecule has 3 aromatic rings. The van der Waals surface area contributed by atoms with E-state index in [1.165, 1.54) is 5.56 Å². The molecule has 1 aliphatic heterocycles. The van der Waals surface area contributed by atoms with Crippen LogP contribution in [-0.4, -0.2) is 12.7 Å². The Balaban J connectivity index is 1.56. The van der Waals surface area contributed by atoms with Gasteiger partial charge in [0.1, 0.15) is 0 Å². The minimum Gasteiger partial charge on any atom is -0.454 e. The van der Waals surface area contributed by atoms with Gasteiger partial charge in [-0.25, -0.2) is 0 Å². The summed E-state index contributed by atoms with van der Waals surface area (Å²) < 4.78 is 10.6. The Hall–Kier alpha value is -3.27. The summed E-state index contributed by atoms with van der Waals surface area (Å²) in [6, 6.07) is 23.2. The van der Waals surface area contributed by atoms with Crippen molar-refractivity contribution in [2.24, 2.45) is 0 Å². The third-order valence-electron chi connectivity index (χ3n) is 4.13. The van der Waals surface area contributed by atoms with E-state index < -0.39 is 0 Å². The zero-order valence-electron chi connectivity index (χ0n) is 13.6. The van der Waals surface area contributed by atoms with Crippen molar-refractivity contribution in [1.82, 2.24) is 0 Å². The van der Waals surface area contributed by atoms with Gasteiger partial charge in [0, 0.05) is 17.3 Å². The second-order valence-corrected chi connectivity index (χ2v) is 5.84. The molecule has 0 bridgehead atoms. The summed E-state index contributed by atoms with van der Waals surface area (Å²) in [5.74, 6) is 1.21. The first-order chi connectivity index (χ1) is 12.3. The molecule has 0 fully saturated rings. The number of hydrogen-bond acceptors (Lipinski definition) is 3. The molecule has 0 spiro atoms. The SMILES string of the molecule is O=C(Nc1ccc2c(c1)OCO2)c1ccccc1Cc1ccccc1. The number of carbonyl (C=O) groups excluding carboxylic acids is 1. The number of ether oxygens (including phenoxy) is 2. The number of rotatable bonds is 4. The van der Waals surface area contributed by atoms with Gasteiger partial charge < -0.3 is 14.8 Å². The minimum atomic E-state index is -0.134. The van der Waals surface area contributed by atoms with Gasteiger partial charge in [-0.1, -0.05) is 48.5 Å². The van der Waals surface area contributed by atoms with Gasteiger partial charge in [0.2, 0.25) is 6.79 Å². The Morgan fingerprint density at radius 2 is 1.64 bits per heavy atom. The van der Waals surface area contributed by atoms with Crippen molar-refractivity contribution in [3.05, 3.63) is 89.5 Å². The third kappa shape index (κ3) is 3.33. The average molecular weight is 331 g/mol.